The smallest absolute Gasteiger partial charge is 0.135 e. The zero-order valence-corrected chi connectivity index (χ0v) is 14.5. The summed E-state index contributed by atoms with van der Waals surface area (Å²) in [5, 5.41) is 6.33. The monoisotopic (exact) mass is 326 g/mol. The summed E-state index contributed by atoms with van der Waals surface area (Å²) in [6.07, 6.45) is 1.55. The number of benzene rings is 1. The van der Waals surface area contributed by atoms with Crippen LogP contribution in [0.5, 0.6) is 0 Å². The van der Waals surface area contributed by atoms with E-state index in [-0.39, 0.29) is 0 Å². The Morgan fingerprint density at radius 3 is 2.29 bits per heavy atom. The predicted molar refractivity (Wildman–Crippen MR) is 98.7 cm³/mol. The van der Waals surface area contributed by atoms with Crippen molar-refractivity contribution in [3.8, 4) is 0 Å². The van der Waals surface area contributed by atoms with Gasteiger partial charge in [0.15, 0.2) is 0 Å². The molecule has 0 unspecified atom stereocenters. The van der Waals surface area contributed by atoms with Crippen molar-refractivity contribution in [1.82, 2.24) is 19.8 Å². The molecule has 1 saturated heterocycles. The van der Waals surface area contributed by atoms with E-state index in [0.717, 1.165) is 43.5 Å². The van der Waals surface area contributed by atoms with Gasteiger partial charge in [0.2, 0.25) is 0 Å². The van der Waals surface area contributed by atoms with Crippen LogP contribution in [0.3, 0.4) is 0 Å². The Bertz CT molecular complexity index is 634. The largest absolute Gasteiger partial charge is 0.373 e. The first-order valence-corrected chi connectivity index (χ1v) is 8.57. The van der Waals surface area contributed by atoms with Crippen LogP contribution in [-0.4, -0.2) is 59.5 Å². The van der Waals surface area contributed by atoms with Gasteiger partial charge >= 0.3 is 0 Å². The Labute approximate surface area is 143 Å². The van der Waals surface area contributed by atoms with Crippen LogP contribution in [0.15, 0.2) is 36.7 Å². The number of nitrogens with zero attached hydrogens (tertiary/aromatic N) is 4. The van der Waals surface area contributed by atoms with Crippen LogP contribution < -0.4 is 10.6 Å². The van der Waals surface area contributed by atoms with Crippen LogP contribution in [0.2, 0.25) is 0 Å². The number of rotatable bonds is 6. The Kier molecular flexibility index (Phi) is 5.61. The highest BCUT2D eigenvalue weighted by Crippen LogP contribution is 2.18. The summed E-state index contributed by atoms with van der Waals surface area (Å²) in [6.45, 7) is 9.08. The standard InChI is InChI=1S/C18H26N6/c1-3-23-8-10-24(11-9-23)13-15-4-6-16(7-5-15)22-18-12-17(19-2)20-14-21-18/h4-7,12,14H,3,8-11,13H2,1-2H3,(H2,19,20,21,22). The van der Waals surface area contributed by atoms with Crippen LogP contribution in [0, 0.1) is 0 Å². The lowest BCUT2D eigenvalue weighted by Gasteiger charge is -2.34. The zero-order valence-electron chi connectivity index (χ0n) is 14.5. The van der Waals surface area contributed by atoms with E-state index in [1.54, 1.807) is 6.33 Å². The normalized spacial score (nSPS) is 16.1. The van der Waals surface area contributed by atoms with Crippen molar-refractivity contribution < 1.29 is 0 Å². The van der Waals surface area contributed by atoms with Gasteiger partial charge < -0.3 is 15.5 Å². The molecule has 0 amide bonds. The highest BCUT2D eigenvalue weighted by molar-refractivity contribution is 5.58. The maximum absolute atomic E-state index is 4.24. The van der Waals surface area contributed by atoms with Crippen molar-refractivity contribution in [1.29, 1.82) is 0 Å². The van der Waals surface area contributed by atoms with Crippen LogP contribution >= 0.6 is 0 Å². The first-order valence-electron chi connectivity index (χ1n) is 8.57. The Hall–Kier alpha value is -2.18. The molecule has 2 N–H and O–H groups in total. The first kappa shape index (κ1) is 16.7. The number of nitrogens with one attached hydrogen (secondary N) is 2. The molecule has 2 heterocycles. The second-order valence-electron chi connectivity index (χ2n) is 6.07. The molecule has 0 bridgehead atoms. The van der Waals surface area contributed by atoms with Crippen molar-refractivity contribution in [2.45, 2.75) is 13.5 Å². The van der Waals surface area contributed by atoms with Crippen LogP contribution in [0.25, 0.3) is 0 Å². The van der Waals surface area contributed by atoms with Gasteiger partial charge in [-0.15, -0.1) is 0 Å². The van der Waals surface area contributed by atoms with Gasteiger partial charge in [0.05, 0.1) is 0 Å². The van der Waals surface area contributed by atoms with E-state index in [0.29, 0.717) is 0 Å². The fraction of sp³-hybridized carbons (Fsp3) is 0.444. The summed E-state index contributed by atoms with van der Waals surface area (Å²) < 4.78 is 0. The van der Waals surface area contributed by atoms with Gasteiger partial charge in [-0.25, -0.2) is 9.97 Å². The van der Waals surface area contributed by atoms with Crippen molar-refractivity contribution in [3.63, 3.8) is 0 Å². The minimum Gasteiger partial charge on any atom is -0.373 e. The Balaban J connectivity index is 1.55. The second-order valence-corrected chi connectivity index (χ2v) is 6.07. The molecule has 1 aliphatic heterocycles. The fourth-order valence-corrected chi connectivity index (χ4v) is 2.93. The molecule has 128 valence electrons. The quantitative estimate of drug-likeness (QED) is 0.850. The average molecular weight is 326 g/mol. The van der Waals surface area contributed by atoms with Crippen molar-refractivity contribution in [2.75, 3.05) is 50.4 Å². The highest BCUT2D eigenvalue weighted by Gasteiger charge is 2.15. The lowest BCUT2D eigenvalue weighted by molar-refractivity contribution is 0.132. The number of aromatic nitrogens is 2. The molecule has 2 aromatic rings. The number of hydrogen-bond donors (Lipinski definition) is 2. The minimum absolute atomic E-state index is 0.790. The molecule has 0 aliphatic carbocycles. The molecule has 0 radical (unpaired) electrons. The lowest BCUT2D eigenvalue weighted by atomic mass is 10.1. The van der Waals surface area contributed by atoms with E-state index in [1.165, 1.54) is 18.7 Å². The molecule has 0 atom stereocenters. The van der Waals surface area contributed by atoms with E-state index in [4.69, 9.17) is 0 Å². The molecule has 6 nitrogen and oxygen atoms in total. The predicted octanol–water partition coefficient (Wildman–Crippen LogP) is 2.40. The first-order chi connectivity index (χ1) is 11.8. The molecule has 24 heavy (non-hydrogen) atoms. The molecule has 0 spiro atoms. The third kappa shape index (κ3) is 4.43. The summed E-state index contributed by atoms with van der Waals surface area (Å²) in [7, 11) is 1.85. The van der Waals surface area contributed by atoms with Crippen LogP contribution in [0.4, 0.5) is 17.3 Å². The number of piperazine rings is 1. The SMILES string of the molecule is CCN1CCN(Cc2ccc(Nc3cc(NC)ncn3)cc2)CC1. The molecular weight excluding hydrogens is 300 g/mol. The zero-order chi connectivity index (χ0) is 16.8. The molecule has 1 aromatic carbocycles. The molecule has 0 saturated carbocycles. The topological polar surface area (TPSA) is 56.3 Å². The summed E-state index contributed by atoms with van der Waals surface area (Å²) in [5.41, 5.74) is 2.39. The molecule has 6 heteroatoms. The van der Waals surface area contributed by atoms with Crippen LogP contribution in [-0.2, 0) is 6.54 Å². The second kappa shape index (κ2) is 8.08. The average Bonchev–Trinajstić information content (AvgIpc) is 2.64. The van der Waals surface area contributed by atoms with Gasteiger partial charge in [0.1, 0.15) is 18.0 Å². The molecule has 1 aliphatic rings. The number of anilines is 3. The third-order valence-corrected chi connectivity index (χ3v) is 4.47. The summed E-state index contributed by atoms with van der Waals surface area (Å²) in [6, 6.07) is 10.5. The molecule has 1 aromatic heterocycles. The van der Waals surface area contributed by atoms with Gasteiger partial charge in [-0.1, -0.05) is 19.1 Å². The van der Waals surface area contributed by atoms with E-state index >= 15 is 0 Å². The van der Waals surface area contributed by atoms with Gasteiger partial charge in [0, 0.05) is 51.5 Å². The molecular formula is C18H26N6. The number of hydrogen-bond acceptors (Lipinski definition) is 6. The highest BCUT2D eigenvalue weighted by atomic mass is 15.3. The van der Waals surface area contributed by atoms with Gasteiger partial charge in [-0.3, -0.25) is 4.90 Å². The van der Waals surface area contributed by atoms with Crippen molar-refractivity contribution >= 4 is 17.3 Å². The maximum atomic E-state index is 4.24. The maximum Gasteiger partial charge on any atom is 0.135 e. The summed E-state index contributed by atoms with van der Waals surface area (Å²) in [5.74, 6) is 1.59. The fourth-order valence-electron chi connectivity index (χ4n) is 2.93. The third-order valence-electron chi connectivity index (χ3n) is 4.47. The molecule has 3 rings (SSSR count). The Morgan fingerprint density at radius 1 is 0.958 bits per heavy atom. The van der Waals surface area contributed by atoms with Gasteiger partial charge in [0.25, 0.3) is 0 Å². The van der Waals surface area contributed by atoms with Crippen LogP contribution in [0.1, 0.15) is 12.5 Å². The molecule has 1 fully saturated rings. The van der Waals surface area contributed by atoms with E-state index in [1.807, 2.05) is 13.1 Å². The van der Waals surface area contributed by atoms with E-state index < -0.39 is 0 Å². The number of likely N-dealkylation sites (N-methyl/N-ethyl adjacent to an activating group) is 1. The van der Waals surface area contributed by atoms with Gasteiger partial charge in [-0.05, 0) is 24.2 Å². The summed E-state index contributed by atoms with van der Waals surface area (Å²) in [4.78, 5) is 13.4. The Morgan fingerprint density at radius 2 is 1.62 bits per heavy atom. The lowest BCUT2D eigenvalue weighted by Crippen LogP contribution is -2.45. The minimum atomic E-state index is 0.790. The van der Waals surface area contributed by atoms with E-state index in [9.17, 15) is 0 Å². The van der Waals surface area contributed by atoms with Crippen molar-refractivity contribution in [3.05, 3.63) is 42.2 Å². The summed E-state index contributed by atoms with van der Waals surface area (Å²) >= 11 is 0. The van der Waals surface area contributed by atoms with Crippen molar-refractivity contribution in [2.24, 2.45) is 0 Å². The van der Waals surface area contributed by atoms with Gasteiger partial charge in [-0.2, -0.15) is 0 Å². The van der Waals surface area contributed by atoms with E-state index in [2.05, 4.69) is 61.6 Å².